The normalized spacial score (nSPS) is 18.9. The van der Waals surface area contributed by atoms with E-state index in [1.54, 1.807) is 0 Å². The lowest BCUT2D eigenvalue weighted by Gasteiger charge is -2.16. The van der Waals surface area contributed by atoms with Crippen LogP contribution >= 0.6 is 11.6 Å². The third-order valence-corrected chi connectivity index (χ3v) is 5.80. The van der Waals surface area contributed by atoms with Crippen molar-refractivity contribution in [2.24, 2.45) is 5.92 Å². The van der Waals surface area contributed by atoms with Gasteiger partial charge >= 0.3 is 0 Å². The van der Waals surface area contributed by atoms with Crippen LogP contribution in [-0.2, 0) is 4.79 Å². The van der Waals surface area contributed by atoms with Gasteiger partial charge in [0, 0.05) is 23.5 Å². The van der Waals surface area contributed by atoms with Gasteiger partial charge in [0.1, 0.15) is 0 Å². The summed E-state index contributed by atoms with van der Waals surface area (Å²) in [4.78, 5) is 16.6. The zero-order chi connectivity index (χ0) is 19.5. The van der Waals surface area contributed by atoms with Gasteiger partial charge in [0.25, 0.3) is 0 Å². The summed E-state index contributed by atoms with van der Waals surface area (Å²) in [6.45, 7) is 2.66. The second-order valence-corrected chi connectivity index (χ2v) is 7.77. The van der Waals surface area contributed by atoms with E-state index in [9.17, 15) is 4.79 Å². The summed E-state index contributed by atoms with van der Waals surface area (Å²) in [6, 6.07) is 16.7. The smallest absolute Gasteiger partial charge is 0.223 e. The van der Waals surface area contributed by atoms with Crippen molar-refractivity contribution in [1.82, 2.24) is 14.9 Å². The van der Waals surface area contributed by atoms with Gasteiger partial charge in [-0.25, -0.2) is 4.98 Å². The summed E-state index contributed by atoms with van der Waals surface area (Å²) in [6.07, 6.45) is 6.62. The van der Waals surface area contributed by atoms with E-state index in [0.717, 1.165) is 46.7 Å². The molecule has 0 radical (unpaired) electrons. The maximum atomic E-state index is 12.2. The second-order valence-electron chi connectivity index (χ2n) is 7.33. The van der Waals surface area contributed by atoms with Gasteiger partial charge in [0.15, 0.2) is 0 Å². The molecule has 1 fully saturated rings. The first kappa shape index (κ1) is 18.8. The fourth-order valence-corrected chi connectivity index (χ4v) is 4.19. The van der Waals surface area contributed by atoms with Gasteiger partial charge in [0.05, 0.1) is 18.2 Å². The van der Waals surface area contributed by atoms with E-state index >= 15 is 0 Å². The fourth-order valence-electron chi connectivity index (χ4n) is 4.06. The van der Waals surface area contributed by atoms with Crippen LogP contribution in [0.2, 0.25) is 5.02 Å². The van der Waals surface area contributed by atoms with Crippen molar-refractivity contribution in [2.75, 3.05) is 6.54 Å². The molecule has 0 bridgehead atoms. The molecule has 2 aromatic carbocycles. The molecule has 1 heterocycles. The molecule has 2 atom stereocenters. The van der Waals surface area contributed by atoms with Crippen molar-refractivity contribution in [2.45, 2.75) is 32.2 Å². The lowest BCUT2D eigenvalue weighted by atomic mass is 10.0. The number of nitrogens with zero attached hydrogens (tertiary/aromatic N) is 2. The maximum Gasteiger partial charge on any atom is 0.223 e. The van der Waals surface area contributed by atoms with Crippen molar-refractivity contribution in [1.29, 1.82) is 0 Å². The molecule has 4 nitrogen and oxygen atoms in total. The summed E-state index contributed by atoms with van der Waals surface area (Å²) in [7, 11) is 0. The summed E-state index contributed by atoms with van der Waals surface area (Å²) >= 11 is 5.98. The number of halogens is 1. The minimum Gasteiger partial charge on any atom is -0.356 e. The van der Waals surface area contributed by atoms with Crippen molar-refractivity contribution in [3.8, 4) is 22.4 Å². The number of imidazole rings is 1. The Hall–Kier alpha value is -2.59. The van der Waals surface area contributed by atoms with Gasteiger partial charge in [0.2, 0.25) is 5.91 Å². The first-order chi connectivity index (χ1) is 13.7. The van der Waals surface area contributed by atoms with Gasteiger partial charge < -0.3 is 9.88 Å². The highest BCUT2D eigenvalue weighted by Gasteiger charge is 2.31. The number of hydrogen-bond acceptors (Lipinski definition) is 2. The van der Waals surface area contributed by atoms with Crippen LogP contribution in [0.1, 0.15) is 32.2 Å². The Morgan fingerprint density at radius 2 is 1.71 bits per heavy atom. The molecule has 1 aliphatic carbocycles. The Morgan fingerprint density at radius 1 is 1.07 bits per heavy atom. The molecular weight excluding hydrogens is 370 g/mol. The van der Waals surface area contributed by atoms with Gasteiger partial charge in [-0.3, -0.25) is 4.79 Å². The standard InChI is InChI=1S/C23H24ClN3O/c1-2-26-23(28)19-9-12-21(13-19)27-15-25-14-22(27)18-5-3-16(4-6-18)17-7-10-20(24)11-8-17/h3-8,10-11,14-15,19,21H,2,9,12-13H2,1H3,(H,26,28). The molecule has 1 amide bonds. The van der Waals surface area contributed by atoms with Crippen LogP contribution in [0.3, 0.4) is 0 Å². The summed E-state index contributed by atoms with van der Waals surface area (Å²) in [5, 5.41) is 3.70. The Bertz CT molecular complexity index is 947. The SMILES string of the molecule is CCNC(=O)C1CCC(n2cncc2-c2ccc(-c3ccc(Cl)cc3)cc2)C1. The lowest BCUT2D eigenvalue weighted by molar-refractivity contribution is -0.124. The molecule has 144 valence electrons. The molecule has 28 heavy (non-hydrogen) atoms. The van der Waals surface area contributed by atoms with Crippen LogP contribution in [0.25, 0.3) is 22.4 Å². The summed E-state index contributed by atoms with van der Waals surface area (Å²) in [5.74, 6) is 0.284. The topological polar surface area (TPSA) is 46.9 Å². The Kier molecular flexibility index (Phi) is 5.49. The maximum absolute atomic E-state index is 12.2. The second kappa shape index (κ2) is 8.19. The predicted molar refractivity (Wildman–Crippen MR) is 113 cm³/mol. The highest BCUT2D eigenvalue weighted by atomic mass is 35.5. The van der Waals surface area contributed by atoms with E-state index in [-0.39, 0.29) is 11.8 Å². The van der Waals surface area contributed by atoms with Crippen LogP contribution in [0.5, 0.6) is 0 Å². The number of hydrogen-bond donors (Lipinski definition) is 1. The molecule has 0 aliphatic heterocycles. The van der Waals surface area contributed by atoms with Gasteiger partial charge in [-0.2, -0.15) is 0 Å². The van der Waals surface area contributed by atoms with E-state index in [2.05, 4.69) is 39.1 Å². The average molecular weight is 394 g/mol. The minimum atomic E-state index is 0.104. The fraction of sp³-hybridized carbons (Fsp3) is 0.304. The average Bonchev–Trinajstić information content (AvgIpc) is 3.38. The summed E-state index contributed by atoms with van der Waals surface area (Å²) in [5.41, 5.74) is 4.54. The molecule has 4 rings (SSSR count). The number of rotatable bonds is 5. The van der Waals surface area contributed by atoms with Crippen LogP contribution in [0.4, 0.5) is 0 Å². The number of nitrogens with one attached hydrogen (secondary N) is 1. The third kappa shape index (κ3) is 3.83. The lowest BCUT2D eigenvalue weighted by Crippen LogP contribution is -2.29. The molecular formula is C23H24ClN3O. The molecule has 1 aliphatic rings. The monoisotopic (exact) mass is 393 g/mol. The Labute approximate surface area is 170 Å². The number of aromatic nitrogens is 2. The zero-order valence-electron chi connectivity index (χ0n) is 15.9. The van der Waals surface area contributed by atoms with Gasteiger partial charge in [-0.05, 0) is 55.0 Å². The van der Waals surface area contributed by atoms with Crippen LogP contribution in [0.15, 0.2) is 61.1 Å². The van der Waals surface area contributed by atoms with E-state index in [1.807, 2.05) is 43.7 Å². The van der Waals surface area contributed by atoms with E-state index < -0.39 is 0 Å². The largest absolute Gasteiger partial charge is 0.356 e. The van der Waals surface area contributed by atoms with Gasteiger partial charge in [-0.15, -0.1) is 0 Å². The van der Waals surface area contributed by atoms with Crippen molar-refractivity contribution in [3.05, 3.63) is 66.1 Å². The number of carbonyl (C=O) groups is 1. The highest BCUT2D eigenvalue weighted by Crippen LogP contribution is 2.37. The Balaban J connectivity index is 1.53. The van der Waals surface area contributed by atoms with E-state index in [4.69, 9.17) is 11.6 Å². The predicted octanol–water partition coefficient (Wildman–Crippen LogP) is 5.35. The van der Waals surface area contributed by atoms with E-state index in [0.29, 0.717) is 12.6 Å². The van der Waals surface area contributed by atoms with Crippen molar-refractivity contribution >= 4 is 17.5 Å². The molecule has 1 N–H and O–H groups in total. The number of amides is 1. The molecule has 5 heteroatoms. The Morgan fingerprint density at radius 3 is 2.39 bits per heavy atom. The van der Waals surface area contributed by atoms with Crippen molar-refractivity contribution < 1.29 is 4.79 Å². The third-order valence-electron chi connectivity index (χ3n) is 5.54. The molecule has 1 aromatic heterocycles. The molecule has 3 aromatic rings. The zero-order valence-corrected chi connectivity index (χ0v) is 16.7. The first-order valence-electron chi connectivity index (χ1n) is 9.81. The number of carbonyl (C=O) groups excluding carboxylic acids is 1. The molecule has 0 saturated heterocycles. The van der Waals surface area contributed by atoms with Crippen molar-refractivity contribution in [3.63, 3.8) is 0 Å². The molecule has 2 unspecified atom stereocenters. The van der Waals surface area contributed by atoms with Crippen LogP contribution in [0, 0.1) is 5.92 Å². The summed E-state index contributed by atoms with van der Waals surface area (Å²) < 4.78 is 2.23. The minimum absolute atomic E-state index is 0.104. The highest BCUT2D eigenvalue weighted by molar-refractivity contribution is 6.30. The van der Waals surface area contributed by atoms with Crippen LogP contribution < -0.4 is 5.32 Å². The van der Waals surface area contributed by atoms with Crippen LogP contribution in [-0.4, -0.2) is 22.0 Å². The molecule has 1 saturated carbocycles. The molecule has 0 spiro atoms. The number of benzene rings is 2. The van der Waals surface area contributed by atoms with Gasteiger partial charge in [-0.1, -0.05) is 48.0 Å². The first-order valence-corrected chi connectivity index (χ1v) is 10.2. The van der Waals surface area contributed by atoms with E-state index in [1.165, 1.54) is 0 Å². The quantitative estimate of drug-likeness (QED) is 0.635.